The maximum Gasteiger partial charge on any atom is 0.289 e. The molecule has 1 aromatic rings. The Bertz CT molecular complexity index is 639. The summed E-state index contributed by atoms with van der Waals surface area (Å²) >= 11 is 0. The first-order chi connectivity index (χ1) is 11.3. The third-order valence-electron chi connectivity index (χ3n) is 5.45. The molecule has 0 unspecified atom stereocenters. The highest BCUT2D eigenvalue weighted by Gasteiger charge is 2.37. The molecule has 1 aliphatic carbocycles. The van der Waals surface area contributed by atoms with Gasteiger partial charge in [-0.15, -0.1) is 0 Å². The molecule has 1 aromatic heterocycles. The lowest BCUT2D eigenvalue weighted by atomic mass is 9.64. The minimum atomic E-state index is -0.177. The molecular weight excluding hydrogens is 302 g/mol. The van der Waals surface area contributed by atoms with Crippen molar-refractivity contribution in [2.45, 2.75) is 53.0 Å². The van der Waals surface area contributed by atoms with Crippen molar-refractivity contribution < 1.29 is 4.79 Å². The highest BCUT2D eigenvalue weighted by atomic mass is 16.2. The first-order valence-corrected chi connectivity index (χ1v) is 8.91. The molecule has 2 heterocycles. The van der Waals surface area contributed by atoms with Gasteiger partial charge in [0.25, 0.3) is 5.91 Å². The summed E-state index contributed by atoms with van der Waals surface area (Å²) in [5.74, 6) is 1.70. The Labute approximate surface area is 144 Å². The first-order valence-electron chi connectivity index (χ1n) is 8.91. The van der Waals surface area contributed by atoms with Crippen LogP contribution in [0, 0.1) is 25.2 Å². The van der Waals surface area contributed by atoms with Gasteiger partial charge < -0.3 is 16.0 Å². The molecule has 0 radical (unpaired) electrons. The number of carbonyl (C=O) groups is 1. The Kier molecular flexibility index (Phi) is 4.51. The molecule has 24 heavy (non-hydrogen) atoms. The molecular formula is C18H29N5O. The topological polar surface area (TPSA) is 84.1 Å². The lowest BCUT2D eigenvalue weighted by Crippen LogP contribution is -2.44. The van der Waals surface area contributed by atoms with Crippen molar-refractivity contribution in [1.29, 1.82) is 0 Å². The molecule has 1 saturated heterocycles. The second kappa shape index (κ2) is 6.31. The van der Waals surface area contributed by atoms with Gasteiger partial charge in [-0.3, -0.25) is 4.79 Å². The normalized spacial score (nSPS) is 29.5. The Morgan fingerprint density at radius 3 is 2.67 bits per heavy atom. The quantitative estimate of drug-likeness (QED) is 0.879. The largest absolute Gasteiger partial charge is 0.355 e. The molecule has 0 bridgehead atoms. The minimum absolute atomic E-state index is 0.177. The van der Waals surface area contributed by atoms with Crippen LogP contribution < -0.4 is 16.0 Å². The van der Waals surface area contributed by atoms with Crippen molar-refractivity contribution in [1.82, 2.24) is 15.3 Å². The van der Waals surface area contributed by atoms with Crippen LogP contribution in [0.3, 0.4) is 0 Å². The standard InChI is InChI=1S/C18H29N5O/c1-11-7-18(4,8-11)10-20-17(24)15-21-13(3)12(2)16(22-15)23-6-5-14(19)9-23/h11,14H,5-10,19H2,1-4H3,(H,20,24)/t11?,14-,18?/m1/s1. The van der Waals surface area contributed by atoms with Crippen LogP contribution in [0.15, 0.2) is 0 Å². The van der Waals surface area contributed by atoms with Crippen molar-refractivity contribution in [3.63, 3.8) is 0 Å². The molecule has 1 amide bonds. The van der Waals surface area contributed by atoms with E-state index in [1.807, 2.05) is 13.8 Å². The van der Waals surface area contributed by atoms with E-state index in [-0.39, 0.29) is 23.2 Å². The van der Waals surface area contributed by atoms with Crippen LogP contribution in [0.25, 0.3) is 0 Å². The van der Waals surface area contributed by atoms with E-state index in [0.29, 0.717) is 6.54 Å². The molecule has 0 spiro atoms. The van der Waals surface area contributed by atoms with Gasteiger partial charge in [-0.1, -0.05) is 13.8 Å². The molecule has 3 N–H and O–H groups in total. The third kappa shape index (κ3) is 3.38. The number of nitrogens with two attached hydrogens (primary N) is 1. The number of anilines is 1. The van der Waals surface area contributed by atoms with E-state index in [1.54, 1.807) is 0 Å². The zero-order valence-corrected chi connectivity index (χ0v) is 15.2. The van der Waals surface area contributed by atoms with Crippen LogP contribution >= 0.6 is 0 Å². The number of hydrogen-bond donors (Lipinski definition) is 2. The summed E-state index contributed by atoms with van der Waals surface area (Å²) in [5.41, 5.74) is 8.12. The number of nitrogens with one attached hydrogen (secondary N) is 1. The van der Waals surface area contributed by atoms with Crippen LogP contribution in [0.4, 0.5) is 5.82 Å². The van der Waals surface area contributed by atoms with E-state index in [0.717, 1.165) is 55.3 Å². The second-order valence-corrected chi connectivity index (χ2v) is 8.08. The van der Waals surface area contributed by atoms with Crippen molar-refractivity contribution >= 4 is 11.7 Å². The maximum atomic E-state index is 12.5. The predicted octanol–water partition coefficient (Wildman–Crippen LogP) is 1.80. The Morgan fingerprint density at radius 1 is 1.38 bits per heavy atom. The van der Waals surface area contributed by atoms with Gasteiger partial charge in [0.1, 0.15) is 5.82 Å². The number of hydrogen-bond acceptors (Lipinski definition) is 5. The fourth-order valence-corrected chi connectivity index (χ4v) is 4.14. The summed E-state index contributed by atoms with van der Waals surface area (Å²) in [4.78, 5) is 23.7. The van der Waals surface area contributed by atoms with Crippen molar-refractivity contribution in [3.05, 3.63) is 17.1 Å². The number of aromatic nitrogens is 2. The van der Waals surface area contributed by atoms with Gasteiger partial charge in [-0.2, -0.15) is 0 Å². The summed E-state index contributed by atoms with van der Waals surface area (Å²) in [6, 6.07) is 0.178. The predicted molar refractivity (Wildman–Crippen MR) is 95.1 cm³/mol. The summed E-state index contributed by atoms with van der Waals surface area (Å²) in [5, 5.41) is 3.03. The molecule has 2 fully saturated rings. The second-order valence-electron chi connectivity index (χ2n) is 8.08. The monoisotopic (exact) mass is 331 g/mol. The van der Waals surface area contributed by atoms with Crippen molar-refractivity contribution in [2.24, 2.45) is 17.1 Å². The van der Waals surface area contributed by atoms with Gasteiger partial charge in [-0.25, -0.2) is 9.97 Å². The summed E-state index contributed by atoms with van der Waals surface area (Å²) < 4.78 is 0. The number of carbonyl (C=O) groups excluding carboxylic acids is 1. The van der Waals surface area contributed by atoms with Crippen LogP contribution in [0.1, 0.15) is 55.0 Å². The summed E-state index contributed by atoms with van der Waals surface area (Å²) in [6.07, 6.45) is 3.29. The van der Waals surface area contributed by atoms with Crippen LogP contribution in [0.2, 0.25) is 0 Å². The molecule has 1 atom stereocenters. The molecule has 6 nitrogen and oxygen atoms in total. The SMILES string of the molecule is Cc1nc(C(=O)NCC2(C)CC(C)C2)nc(N2CC[C@@H](N)C2)c1C. The Hall–Kier alpha value is -1.69. The Morgan fingerprint density at radius 2 is 2.08 bits per heavy atom. The molecule has 0 aromatic carbocycles. The first kappa shape index (κ1) is 17.1. The molecule has 1 aliphatic heterocycles. The van der Waals surface area contributed by atoms with Gasteiger partial charge in [0.15, 0.2) is 0 Å². The van der Waals surface area contributed by atoms with Gasteiger partial charge in [0, 0.05) is 36.9 Å². The van der Waals surface area contributed by atoms with E-state index in [1.165, 1.54) is 0 Å². The van der Waals surface area contributed by atoms with Gasteiger partial charge >= 0.3 is 0 Å². The van der Waals surface area contributed by atoms with Crippen LogP contribution in [-0.4, -0.2) is 41.6 Å². The van der Waals surface area contributed by atoms with E-state index >= 15 is 0 Å². The molecule has 6 heteroatoms. The highest BCUT2D eigenvalue weighted by Crippen LogP contribution is 2.44. The average molecular weight is 331 g/mol. The van der Waals surface area contributed by atoms with Crippen LogP contribution in [-0.2, 0) is 0 Å². The number of rotatable bonds is 4. The fraction of sp³-hybridized carbons (Fsp3) is 0.722. The smallest absolute Gasteiger partial charge is 0.289 e. The van der Waals surface area contributed by atoms with Gasteiger partial charge in [-0.05, 0) is 44.4 Å². The molecule has 3 rings (SSSR count). The highest BCUT2D eigenvalue weighted by molar-refractivity contribution is 5.91. The van der Waals surface area contributed by atoms with Crippen molar-refractivity contribution in [2.75, 3.05) is 24.5 Å². The van der Waals surface area contributed by atoms with E-state index < -0.39 is 0 Å². The number of nitrogens with zero attached hydrogens (tertiary/aromatic N) is 3. The number of amides is 1. The zero-order chi connectivity index (χ0) is 17.5. The van der Waals surface area contributed by atoms with E-state index in [4.69, 9.17) is 5.73 Å². The zero-order valence-electron chi connectivity index (χ0n) is 15.2. The lowest BCUT2D eigenvalue weighted by molar-refractivity contribution is 0.0727. The summed E-state index contributed by atoms with van der Waals surface area (Å²) in [6.45, 7) is 10.8. The maximum absolute atomic E-state index is 12.5. The van der Waals surface area contributed by atoms with Crippen molar-refractivity contribution in [3.8, 4) is 0 Å². The molecule has 2 aliphatic rings. The van der Waals surface area contributed by atoms with E-state index in [9.17, 15) is 4.79 Å². The minimum Gasteiger partial charge on any atom is -0.355 e. The Balaban J connectivity index is 1.73. The van der Waals surface area contributed by atoms with Crippen LogP contribution in [0.5, 0.6) is 0 Å². The fourth-order valence-electron chi connectivity index (χ4n) is 4.14. The number of aryl methyl sites for hydroxylation is 1. The van der Waals surface area contributed by atoms with Gasteiger partial charge in [0.2, 0.25) is 5.82 Å². The van der Waals surface area contributed by atoms with Gasteiger partial charge in [0.05, 0.1) is 0 Å². The summed E-state index contributed by atoms with van der Waals surface area (Å²) in [7, 11) is 0. The molecule has 1 saturated carbocycles. The molecule has 132 valence electrons. The lowest BCUT2D eigenvalue weighted by Gasteiger charge is -2.43. The van der Waals surface area contributed by atoms with E-state index in [2.05, 4.69) is 34.0 Å². The third-order valence-corrected chi connectivity index (χ3v) is 5.45. The average Bonchev–Trinajstić information content (AvgIpc) is 2.92.